The van der Waals surface area contributed by atoms with Crippen molar-refractivity contribution in [1.29, 1.82) is 0 Å². The van der Waals surface area contributed by atoms with Gasteiger partial charge < -0.3 is 4.90 Å². The molecule has 1 aromatic heterocycles. The molecule has 1 amide bonds. The fourth-order valence-corrected chi connectivity index (χ4v) is 3.17. The fraction of sp³-hybridized carbons (Fsp3) is 0.400. The molecule has 0 aliphatic rings. The van der Waals surface area contributed by atoms with Crippen LogP contribution >= 0.6 is 11.8 Å². The van der Waals surface area contributed by atoms with Gasteiger partial charge in [-0.25, -0.2) is 0 Å². The first-order valence-electron chi connectivity index (χ1n) is 6.59. The lowest BCUT2D eigenvalue weighted by molar-refractivity contribution is -0.128. The maximum absolute atomic E-state index is 12.3. The molecule has 0 unspecified atom stereocenters. The molecule has 0 bridgehead atoms. The Balaban J connectivity index is 2.36. The molecule has 0 saturated carbocycles. The van der Waals surface area contributed by atoms with E-state index in [0.29, 0.717) is 0 Å². The Hall–Kier alpha value is -1.62. The van der Waals surface area contributed by atoms with Crippen molar-refractivity contribution in [1.82, 2.24) is 15.1 Å². The third kappa shape index (κ3) is 3.10. The van der Waals surface area contributed by atoms with Crippen LogP contribution in [0, 0.1) is 5.92 Å². The van der Waals surface area contributed by atoms with E-state index >= 15 is 0 Å². The minimum Gasteiger partial charge on any atom is -0.348 e. The smallest absolute Gasteiger partial charge is 0.235 e. The second-order valence-corrected chi connectivity index (χ2v) is 6.38. The molecule has 2 aromatic rings. The summed E-state index contributed by atoms with van der Waals surface area (Å²) in [5.41, 5.74) is 0. The second kappa shape index (κ2) is 6.22. The average molecular weight is 289 g/mol. The van der Waals surface area contributed by atoms with E-state index in [2.05, 4.69) is 24.0 Å². The van der Waals surface area contributed by atoms with Gasteiger partial charge in [0.15, 0.2) is 0 Å². The van der Waals surface area contributed by atoms with Crippen molar-refractivity contribution in [2.45, 2.75) is 24.1 Å². The summed E-state index contributed by atoms with van der Waals surface area (Å²) in [7, 11) is 3.57. The lowest BCUT2D eigenvalue weighted by Crippen LogP contribution is -2.34. The molecule has 0 aliphatic carbocycles. The zero-order valence-electron chi connectivity index (χ0n) is 12.2. The van der Waals surface area contributed by atoms with Gasteiger partial charge in [0.2, 0.25) is 5.91 Å². The van der Waals surface area contributed by atoms with Crippen LogP contribution in [-0.4, -0.2) is 40.3 Å². The summed E-state index contributed by atoms with van der Waals surface area (Å²) in [6.45, 7) is 4.11. The van der Waals surface area contributed by atoms with E-state index in [-0.39, 0.29) is 17.1 Å². The predicted molar refractivity (Wildman–Crippen MR) is 82.7 cm³/mol. The third-order valence-corrected chi connectivity index (χ3v) is 4.59. The van der Waals surface area contributed by atoms with Crippen LogP contribution in [0.2, 0.25) is 0 Å². The van der Waals surface area contributed by atoms with Crippen molar-refractivity contribution in [2.75, 3.05) is 14.1 Å². The zero-order valence-corrected chi connectivity index (χ0v) is 13.0. The van der Waals surface area contributed by atoms with Gasteiger partial charge in [-0.15, -0.1) is 5.10 Å². The second-order valence-electron chi connectivity index (χ2n) is 5.25. The number of carbonyl (C=O) groups is 1. The van der Waals surface area contributed by atoms with Gasteiger partial charge in [-0.1, -0.05) is 49.9 Å². The number of benzene rings is 1. The molecule has 2 rings (SSSR count). The third-order valence-electron chi connectivity index (χ3n) is 3.06. The van der Waals surface area contributed by atoms with Crippen LogP contribution in [0.5, 0.6) is 0 Å². The Labute approximate surface area is 123 Å². The van der Waals surface area contributed by atoms with Crippen LogP contribution in [0.15, 0.2) is 35.5 Å². The first-order valence-corrected chi connectivity index (χ1v) is 7.47. The van der Waals surface area contributed by atoms with E-state index in [1.54, 1.807) is 25.2 Å². The minimum absolute atomic E-state index is 0.111. The molecule has 1 atom stereocenters. The number of hydrogen-bond donors (Lipinski definition) is 0. The van der Waals surface area contributed by atoms with Crippen LogP contribution < -0.4 is 0 Å². The molecule has 1 aromatic carbocycles. The molecule has 0 aliphatic heterocycles. The van der Waals surface area contributed by atoms with Crippen molar-refractivity contribution in [2.24, 2.45) is 5.92 Å². The van der Waals surface area contributed by atoms with Gasteiger partial charge in [0.25, 0.3) is 0 Å². The van der Waals surface area contributed by atoms with Gasteiger partial charge >= 0.3 is 0 Å². The van der Waals surface area contributed by atoms with E-state index in [4.69, 9.17) is 0 Å². The Morgan fingerprint density at radius 2 is 1.95 bits per heavy atom. The Kier molecular flexibility index (Phi) is 4.60. The largest absolute Gasteiger partial charge is 0.348 e. The maximum Gasteiger partial charge on any atom is 0.235 e. The van der Waals surface area contributed by atoms with Crippen LogP contribution in [0.3, 0.4) is 0 Å². The summed E-state index contributed by atoms with van der Waals surface area (Å²) in [6.07, 6.45) is 1.75. The lowest BCUT2D eigenvalue weighted by atomic mass is 10.1. The molecule has 4 nitrogen and oxygen atoms in total. The topological polar surface area (TPSA) is 46.1 Å². The molecular weight excluding hydrogens is 270 g/mol. The first kappa shape index (κ1) is 14.8. The molecule has 1 heterocycles. The van der Waals surface area contributed by atoms with Crippen LogP contribution in [0.25, 0.3) is 10.8 Å². The van der Waals surface area contributed by atoms with Gasteiger partial charge in [-0.05, 0) is 5.92 Å². The highest BCUT2D eigenvalue weighted by atomic mass is 32.2. The summed E-state index contributed by atoms with van der Waals surface area (Å²) < 4.78 is 0. The molecule has 0 saturated heterocycles. The van der Waals surface area contributed by atoms with Gasteiger partial charge in [0.1, 0.15) is 5.03 Å². The number of hydrogen-bond acceptors (Lipinski definition) is 4. The molecule has 0 radical (unpaired) electrons. The van der Waals surface area contributed by atoms with E-state index in [0.717, 1.165) is 15.8 Å². The number of aromatic nitrogens is 2. The first-order chi connectivity index (χ1) is 9.50. The van der Waals surface area contributed by atoms with E-state index in [1.807, 2.05) is 24.3 Å². The van der Waals surface area contributed by atoms with E-state index < -0.39 is 0 Å². The predicted octanol–water partition coefficient (Wildman–Crippen LogP) is 2.83. The highest BCUT2D eigenvalue weighted by Gasteiger charge is 2.26. The highest BCUT2D eigenvalue weighted by Crippen LogP contribution is 2.32. The molecule has 20 heavy (non-hydrogen) atoms. The maximum atomic E-state index is 12.3. The van der Waals surface area contributed by atoms with Crippen molar-refractivity contribution < 1.29 is 4.79 Å². The van der Waals surface area contributed by atoms with Crippen LogP contribution in [0.4, 0.5) is 0 Å². The minimum atomic E-state index is -0.148. The Morgan fingerprint density at radius 1 is 1.25 bits per heavy atom. The van der Waals surface area contributed by atoms with Gasteiger partial charge in [0, 0.05) is 24.9 Å². The van der Waals surface area contributed by atoms with Crippen molar-refractivity contribution in [3.05, 3.63) is 30.5 Å². The van der Waals surface area contributed by atoms with Crippen LogP contribution in [-0.2, 0) is 4.79 Å². The molecule has 106 valence electrons. The quantitative estimate of drug-likeness (QED) is 0.812. The fourth-order valence-electron chi connectivity index (χ4n) is 1.94. The number of carbonyl (C=O) groups excluding carboxylic acids is 1. The standard InChI is InChI=1S/C15H19N3OS/c1-10(2)13(15(19)18(3)4)20-14-12-8-6-5-7-11(12)9-16-17-14/h5-10,13H,1-4H3/t13-/m1/s1. The molecule has 0 spiro atoms. The summed E-state index contributed by atoms with van der Waals surface area (Å²) >= 11 is 1.50. The number of fused-ring (bicyclic) bond motifs is 1. The van der Waals surface area contributed by atoms with Crippen LogP contribution in [0.1, 0.15) is 13.8 Å². The summed E-state index contributed by atoms with van der Waals surface area (Å²) in [4.78, 5) is 13.9. The molecule has 0 fully saturated rings. The van der Waals surface area contributed by atoms with Gasteiger partial charge in [0.05, 0.1) is 11.4 Å². The number of rotatable bonds is 4. The monoisotopic (exact) mass is 289 g/mol. The summed E-state index contributed by atoms with van der Waals surface area (Å²) in [6, 6.07) is 7.98. The summed E-state index contributed by atoms with van der Waals surface area (Å²) in [5, 5.41) is 11.0. The Morgan fingerprint density at radius 3 is 2.60 bits per heavy atom. The highest BCUT2D eigenvalue weighted by molar-refractivity contribution is 8.00. The van der Waals surface area contributed by atoms with Crippen molar-refractivity contribution in [3.8, 4) is 0 Å². The van der Waals surface area contributed by atoms with Gasteiger partial charge in [-0.3, -0.25) is 4.79 Å². The van der Waals surface area contributed by atoms with Crippen molar-refractivity contribution >= 4 is 28.4 Å². The number of nitrogens with zero attached hydrogens (tertiary/aromatic N) is 3. The Bertz CT molecular complexity index is 608. The summed E-state index contributed by atoms with van der Waals surface area (Å²) in [5.74, 6) is 0.343. The van der Waals surface area contributed by atoms with E-state index in [1.165, 1.54) is 11.8 Å². The van der Waals surface area contributed by atoms with Crippen molar-refractivity contribution in [3.63, 3.8) is 0 Å². The lowest BCUT2D eigenvalue weighted by Gasteiger charge is -2.22. The SMILES string of the molecule is CC(C)[C@@H](Sc1nncc2ccccc12)C(=O)N(C)C. The van der Waals surface area contributed by atoms with E-state index in [9.17, 15) is 4.79 Å². The number of thioether (sulfide) groups is 1. The molecular formula is C15H19N3OS. The normalized spacial score (nSPS) is 12.7. The molecule has 5 heteroatoms. The molecule has 0 N–H and O–H groups in total. The van der Waals surface area contributed by atoms with Gasteiger partial charge in [-0.2, -0.15) is 5.10 Å². The number of amides is 1. The average Bonchev–Trinajstić information content (AvgIpc) is 2.43. The zero-order chi connectivity index (χ0) is 14.7.